The number of aryl methyl sites for hydroxylation is 2. The molecule has 0 radical (unpaired) electrons. The molecular weight excluding hydrogens is 344 g/mol. The lowest BCUT2D eigenvalue weighted by atomic mass is 10.0. The minimum Gasteiger partial charge on any atom is -0.488 e. The molecule has 1 aromatic carbocycles. The highest BCUT2D eigenvalue weighted by Gasteiger charge is 2.22. The fourth-order valence-corrected chi connectivity index (χ4v) is 2.88. The largest absolute Gasteiger partial charge is 0.488 e. The van der Waals surface area contributed by atoms with E-state index in [2.05, 4.69) is 10.3 Å². The van der Waals surface area contributed by atoms with Crippen LogP contribution in [0.3, 0.4) is 0 Å². The molecule has 0 saturated carbocycles. The molecular formula is C21H26N2O4. The van der Waals surface area contributed by atoms with Crippen molar-refractivity contribution in [2.24, 2.45) is 5.92 Å². The first kappa shape index (κ1) is 20.4. The summed E-state index contributed by atoms with van der Waals surface area (Å²) in [7, 11) is 0. The Labute approximate surface area is 159 Å². The van der Waals surface area contributed by atoms with Crippen LogP contribution < -0.4 is 10.1 Å². The molecule has 0 aliphatic carbocycles. The summed E-state index contributed by atoms with van der Waals surface area (Å²) in [6.45, 7) is 7.96. The van der Waals surface area contributed by atoms with E-state index in [9.17, 15) is 14.7 Å². The number of aromatic nitrogens is 1. The summed E-state index contributed by atoms with van der Waals surface area (Å²) >= 11 is 0. The van der Waals surface area contributed by atoms with Gasteiger partial charge in [0.15, 0.2) is 0 Å². The predicted molar refractivity (Wildman–Crippen MR) is 103 cm³/mol. The first-order chi connectivity index (χ1) is 12.8. The lowest BCUT2D eigenvalue weighted by molar-refractivity contribution is -0.139. The molecule has 1 aromatic heterocycles. The summed E-state index contributed by atoms with van der Waals surface area (Å²) in [5.41, 5.74) is 3.02. The maximum absolute atomic E-state index is 12.5. The minimum atomic E-state index is -1.03. The van der Waals surface area contributed by atoms with E-state index in [0.29, 0.717) is 24.3 Å². The normalized spacial score (nSPS) is 11.9. The van der Waals surface area contributed by atoms with E-state index in [1.807, 2.05) is 39.8 Å². The van der Waals surface area contributed by atoms with Crippen LogP contribution in [0, 0.1) is 19.8 Å². The number of aliphatic carboxylic acids is 1. The molecule has 6 heteroatoms. The van der Waals surface area contributed by atoms with Gasteiger partial charge in [-0.1, -0.05) is 19.9 Å². The van der Waals surface area contributed by atoms with Gasteiger partial charge in [-0.3, -0.25) is 9.78 Å². The number of nitrogens with one attached hydrogen (secondary N) is 1. The maximum Gasteiger partial charge on any atom is 0.326 e. The number of ether oxygens (including phenoxy) is 1. The van der Waals surface area contributed by atoms with E-state index in [0.717, 1.165) is 16.7 Å². The van der Waals surface area contributed by atoms with Crippen LogP contribution in [0.15, 0.2) is 36.7 Å². The average molecular weight is 370 g/mol. The number of hydrogen-bond donors (Lipinski definition) is 2. The van der Waals surface area contributed by atoms with Gasteiger partial charge in [0.1, 0.15) is 18.4 Å². The van der Waals surface area contributed by atoms with Crippen molar-refractivity contribution in [3.05, 3.63) is 58.9 Å². The number of hydrogen-bond acceptors (Lipinski definition) is 4. The van der Waals surface area contributed by atoms with E-state index >= 15 is 0 Å². The Hall–Kier alpha value is -2.89. The van der Waals surface area contributed by atoms with Crippen LogP contribution in [-0.4, -0.2) is 28.0 Å². The molecule has 2 aromatic rings. The Morgan fingerprint density at radius 3 is 2.41 bits per heavy atom. The number of nitrogens with zero attached hydrogens (tertiary/aromatic N) is 1. The predicted octanol–water partition coefficient (Wildman–Crippen LogP) is 3.51. The van der Waals surface area contributed by atoms with Crippen molar-refractivity contribution in [2.45, 2.75) is 46.8 Å². The second kappa shape index (κ2) is 9.16. The molecule has 1 amide bonds. The van der Waals surface area contributed by atoms with E-state index in [4.69, 9.17) is 4.74 Å². The summed E-state index contributed by atoms with van der Waals surface area (Å²) in [5.74, 6) is -0.541. The number of benzene rings is 1. The molecule has 1 atom stereocenters. The van der Waals surface area contributed by atoms with Crippen molar-refractivity contribution in [1.82, 2.24) is 10.3 Å². The Kier molecular flexibility index (Phi) is 6.93. The maximum atomic E-state index is 12.5. The van der Waals surface area contributed by atoms with Gasteiger partial charge in [-0.15, -0.1) is 0 Å². The van der Waals surface area contributed by atoms with Crippen LogP contribution in [0.25, 0.3) is 0 Å². The third-order valence-electron chi connectivity index (χ3n) is 4.14. The van der Waals surface area contributed by atoms with Crippen LogP contribution >= 0.6 is 0 Å². The summed E-state index contributed by atoms with van der Waals surface area (Å²) in [6, 6.07) is 6.31. The molecule has 1 heterocycles. The standard InChI is InChI=1S/C21H26N2O4/c1-13(2)8-18(21(25)26)23-20(24)17-9-14(3)19(15(4)10-17)27-12-16-6-5-7-22-11-16/h5-7,9-11,13,18H,8,12H2,1-4H3,(H,23,24)(H,25,26). The van der Waals surface area contributed by atoms with Crippen LogP contribution in [0.5, 0.6) is 5.75 Å². The van der Waals surface area contributed by atoms with Gasteiger partial charge < -0.3 is 15.2 Å². The zero-order chi connectivity index (χ0) is 20.0. The molecule has 2 N–H and O–H groups in total. The minimum absolute atomic E-state index is 0.165. The number of pyridine rings is 1. The summed E-state index contributed by atoms with van der Waals surface area (Å²) in [6.07, 6.45) is 3.83. The number of rotatable bonds is 8. The van der Waals surface area contributed by atoms with Gasteiger partial charge in [-0.05, 0) is 55.5 Å². The van der Waals surface area contributed by atoms with E-state index in [1.165, 1.54) is 0 Å². The average Bonchev–Trinajstić information content (AvgIpc) is 2.60. The van der Waals surface area contributed by atoms with Crippen LogP contribution in [-0.2, 0) is 11.4 Å². The van der Waals surface area contributed by atoms with Gasteiger partial charge in [-0.25, -0.2) is 4.79 Å². The molecule has 0 fully saturated rings. The molecule has 0 aliphatic rings. The fourth-order valence-electron chi connectivity index (χ4n) is 2.88. The molecule has 1 unspecified atom stereocenters. The molecule has 0 spiro atoms. The van der Waals surface area contributed by atoms with Crippen molar-refractivity contribution in [3.8, 4) is 5.75 Å². The van der Waals surface area contributed by atoms with Gasteiger partial charge in [-0.2, -0.15) is 0 Å². The SMILES string of the molecule is Cc1cc(C(=O)NC(CC(C)C)C(=O)O)cc(C)c1OCc1cccnc1. The van der Waals surface area contributed by atoms with Gasteiger partial charge in [0, 0.05) is 23.5 Å². The van der Waals surface area contributed by atoms with Gasteiger partial charge in [0.2, 0.25) is 0 Å². The number of carbonyl (C=O) groups is 2. The third-order valence-corrected chi connectivity index (χ3v) is 4.14. The topological polar surface area (TPSA) is 88.5 Å². The van der Waals surface area contributed by atoms with Gasteiger partial charge in [0.25, 0.3) is 5.91 Å². The van der Waals surface area contributed by atoms with Gasteiger partial charge >= 0.3 is 5.97 Å². The first-order valence-corrected chi connectivity index (χ1v) is 8.94. The Morgan fingerprint density at radius 2 is 1.89 bits per heavy atom. The summed E-state index contributed by atoms with van der Waals surface area (Å²) < 4.78 is 5.89. The molecule has 6 nitrogen and oxygen atoms in total. The lowest BCUT2D eigenvalue weighted by Gasteiger charge is -2.18. The second-order valence-electron chi connectivity index (χ2n) is 7.08. The Morgan fingerprint density at radius 1 is 1.22 bits per heavy atom. The molecule has 0 bridgehead atoms. The van der Waals surface area contributed by atoms with E-state index in [-0.39, 0.29) is 5.92 Å². The van der Waals surface area contributed by atoms with Crippen LogP contribution in [0.2, 0.25) is 0 Å². The fraction of sp³-hybridized carbons (Fsp3) is 0.381. The zero-order valence-corrected chi connectivity index (χ0v) is 16.2. The molecule has 27 heavy (non-hydrogen) atoms. The highest BCUT2D eigenvalue weighted by molar-refractivity contribution is 5.97. The third kappa shape index (κ3) is 5.81. The monoisotopic (exact) mass is 370 g/mol. The molecule has 0 saturated heterocycles. The summed E-state index contributed by atoms with van der Waals surface area (Å²) in [5, 5.41) is 11.9. The smallest absolute Gasteiger partial charge is 0.326 e. The highest BCUT2D eigenvalue weighted by atomic mass is 16.5. The van der Waals surface area contributed by atoms with Crippen molar-refractivity contribution in [2.75, 3.05) is 0 Å². The molecule has 144 valence electrons. The lowest BCUT2D eigenvalue weighted by Crippen LogP contribution is -2.41. The highest BCUT2D eigenvalue weighted by Crippen LogP contribution is 2.26. The quantitative estimate of drug-likeness (QED) is 0.742. The summed E-state index contributed by atoms with van der Waals surface area (Å²) in [4.78, 5) is 27.9. The number of carboxylic acid groups (broad SMARTS) is 1. The van der Waals surface area contributed by atoms with Crippen LogP contribution in [0.1, 0.15) is 47.3 Å². The van der Waals surface area contributed by atoms with E-state index in [1.54, 1.807) is 24.5 Å². The molecule has 0 aliphatic heterocycles. The number of carboxylic acids is 1. The van der Waals surface area contributed by atoms with Gasteiger partial charge in [0.05, 0.1) is 0 Å². The van der Waals surface area contributed by atoms with Crippen LogP contribution in [0.4, 0.5) is 0 Å². The first-order valence-electron chi connectivity index (χ1n) is 8.94. The number of carbonyl (C=O) groups excluding carboxylic acids is 1. The van der Waals surface area contributed by atoms with Crippen molar-refractivity contribution in [1.29, 1.82) is 0 Å². The Balaban J connectivity index is 2.12. The molecule has 2 rings (SSSR count). The van der Waals surface area contributed by atoms with E-state index < -0.39 is 17.9 Å². The zero-order valence-electron chi connectivity index (χ0n) is 16.2. The Bertz CT molecular complexity index is 780. The number of amides is 1. The van der Waals surface area contributed by atoms with Crippen molar-refractivity contribution in [3.63, 3.8) is 0 Å². The van der Waals surface area contributed by atoms with Crippen molar-refractivity contribution >= 4 is 11.9 Å². The van der Waals surface area contributed by atoms with Crippen molar-refractivity contribution < 1.29 is 19.4 Å². The second-order valence-corrected chi connectivity index (χ2v) is 7.08.